The molecular formula is C26H30N4O3. The van der Waals surface area contributed by atoms with Crippen LogP contribution in [0, 0.1) is 5.92 Å². The van der Waals surface area contributed by atoms with E-state index in [4.69, 9.17) is 10.7 Å². The lowest BCUT2D eigenvalue weighted by Crippen LogP contribution is -2.41. The number of aryl methyl sites for hydroxylation is 1. The number of rotatable bonds is 4. The van der Waals surface area contributed by atoms with E-state index in [1.165, 1.54) is 10.5 Å². The Morgan fingerprint density at radius 1 is 1.06 bits per heavy atom. The molecule has 1 saturated carbocycles. The van der Waals surface area contributed by atoms with E-state index in [2.05, 4.69) is 16.7 Å². The number of fused-ring (bicyclic) bond motifs is 3. The highest BCUT2D eigenvalue weighted by Gasteiger charge is 2.32. The van der Waals surface area contributed by atoms with E-state index in [1.807, 2.05) is 37.3 Å². The molecule has 3 aromatic rings. The number of anilines is 1. The maximum absolute atomic E-state index is 12.0. The van der Waals surface area contributed by atoms with E-state index in [9.17, 15) is 14.7 Å². The molecule has 7 heteroatoms. The third kappa shape index (κ3) is 3.86. The van der Waals surface area contributed by atoms with E-state index >= 15 is 0 Å². The predicted octanol–water partition coefficient (Wildman–Crippen LogP) is 4.66. The van der Waals surface area contributed by atoms with Crippen molar-refractivity contribution < 1.29 is 14.7 Å². The first-order chi connectivity index (χ1) is 15.9. The topological polar surface area (TPSA) is 101 Å². The van der Waals surface area contributed by atoms with E-state index < -0.39 is 6.09 Å². The summed E-state index contributed by atoms with van der Waals surface area (Å²) in [5, 5.41) is 9.82. The highest BCUT2D eigenvalue weighted by molar-refractivity contribution is 5.94. The third-order valence-corrected chi connectivity index (χ3v) is 7.40. The summed E-state index contributed by atoms with van der Waals surface area (Å²) in [6, 6.07) is 14.5. The molecule has 7 nitrogen and oxygen atoms in total. The number of hydrogen-bond donors (Lipinski definition) is 2. The Bertz CT molecular complexity index is 1200. The lowest BCUT2D eigenvalue weighted by Gasteiger charge is -2.33. The maximum atomic E-state index is 12.0. The van der Waals surface area contributed by atoms with Crippen molar-refractivity contribution in [3.8, 4) is 0 Å². The Balaban J connectivity index is 1.61. The van der Waals surface area contributed by atoms with Gasteiger partial charge in [0.1, 0.15) is 5.82 Å². The molecule has 0 radical (unpaired) electrons. The van der Waals surface area contributed by atoms with Gasteiger partial charge in [0.2, 0.25) is 5.91 Å². The summed E-state index contributed by atoms with van der Waals surface area (Å²) in [6.45, 7) is 1.96. The van der Waals surface area contributed by atoms with Gasteiger partial charge in [-0.2, -0.15) is 0 Å². The number of nitrogens with two attached hydrogens (primary N) is 1. The largest absolute Gasteiger partial charge is 0.465 e. The van der Waals surface area contributed by atoms with Gasteiger partial charge in [-0.15, -0.1) is 0 Å². The average molecular weight is 447 g/mol. The number of carbonyl (C=O) groups is 2. The molecule has 172 valence electrons. The highest BCUT2D eigenvalue weighted by atomic mass is 16.4. The van der Waals surface area contributed by atoms with E-state index in [-0.39, 0.29) is 23.9 Å². The van der Waals surface area contributed by atoms with E-state index in [0.717, 1.165) is 66.6 Å². The van der Waals surface area contributed by atoms with Gasteiger partial charge in [0.15, 0.2) is 0 Å². The molecule has 3 N–H and O–H groups in total. The van der Waals surface area contributed by atoms with Crippen molar-refractivity contribution >= 4 is 28.7 Å². The van der Waals surface area contributed by atoms with Crippen LogP contribution in [0.5, 0.6) is 0 Å². The molecule has 2 aromatic carbocycles. The standard InChI is InChI=1S/C26H30N4O3/c1-16-7-12-20-21(29(16)26(32)33)13-14-22-24(20)28-23(15-17-5-3-2-4-6-17)30(22)19-10-8-18(9-11-19)25(27)31/h2-6,13-14,16,18-19H,7-12,15H2,1H3,(H2,27,31)(H,32,33). The van der Waals surface area contributed by atoms with Crippen LogP contribution in [0.2, 0.25) is 0 Å². The number of carbonyl (C=O) groups excluding carboxylic acids is 1. The van der Waals surface area contributed by atoms with Gasteiger partial charge in [-0.3, -0.25) is 9.69 Å². The van der Waals surface area contributed by atoms with Crippen molar-refractivity contribution in [1.29, 1.82) is 0 Å². The number of hydrogen-bond acceptors (Lipinski definition) is 3. The number of carboxylic acid groups (broad SMARTS) is 1. The maximum Gasteiger partial charge on any atom is 0.412 e. The number of primary amides is 1. The van der Waals surface area contributed by atoms with Crippen LogP contribution in [-0.2, 0) is 17.6 Å². The second-order valence-corrected chi connectivity index (χ2v) is 9.44. The molecule has 0 bridgehead atoms. The molecule has 33 heavy (non-hydrogen) atoms. The predicted molar refractivity (Wildman–Crippen MR) is 127 cm³/mol. The second-order valence-electron chi connectivity index (χ2n) is 9.44. The molecule has 2 amide bonds. The summed E-state index contributed by atoms with van der Waals surface area (Å²) in [7, 11) is 0. The van der Waals surface area contributed by atoms with Crippen LogP contribution in [0.25, 0.3) is 11.0 Å². The van der Waals surface area contributed by atoms with Gasteiger partial charge >= 0.3 is 6.09 Å². The average Bonchev–Trinajstić information content (AvgIpc) is 3.17. The van der Waals surface area contributed by atoms with Gasteiger partial charge in [-0.1, -0.05) is 30.3 Å². The highest BCUT2D eigenvalue weighted by Crippen LogP contribution is 2.40. The summed E-state index contributed by atoms with van der Waals surface area (Å²) in [5.74, 6) is 0.741. The zero-order chi connectivity index (χ0) is 23.1. The summed E-state index contributed by atoms with van der Waals surface area (Å²) in [5.41, 5.74) is 10.5. The van der Waals surface area contributed by atoms with Gasteiger partial charge in [0.25, 0.3) is 0 Å². The van der Waals surface area contributed by atoms with Crippen molar-refractivity contribution in [2.24, 2.45) is 11.7 Å². The molecule has 5 rings (SSSR count). The molecule has 2 heterocycles. The normalized spacial score (nSPS) is 22.8. The quantitative estimate of drug-likeness (QED) is 0.608. The van der Waals surface area contributed by atoms with Gasteiger partial charge in [0.05, 0.1) is 16.7 Å². The minimum Gasteiger partial charge on any atom is -0.465 e. The first-order valence-corrected chi connectivity index (χ1v) is 11.8. The monoisotopic (exact) mass is 446 g/mol. The van der Waals surface area contributed by atoms with Crippen LogP contribution in [-0.4, -0.2) is 32.7 Å². The zero-order valence-corrected chi connectivity index (χ0v) is 18.9. The minimum atomic E-state index is -0.920. The van der Waals surface area contributed by atoms with Gasteiger partial charge in [-0.05, 0) is 63.1 Å². The molecule has 1 atom stereocenters. The first kappa shape index (κ1) is 21.5. The minimum absolute atomic E-state index is 0.0491. The molecule has 0 spiro atoms. The first-order valence-electron chi connectivity index (χ1n) is 11.8. The fraction of sp³-hybridized carbons (Fsp3) is 0.423. The zero-order valence-electron chi connectivity index (χ0n) is 18.9. The summed E-state index contributed by atoms with van der Waals surface area (Å²) < 4.78 is 2.35. The molecule has 1 unspecified atom stereocenters. The van der Waals surface area contributed by atoms with Crippen molar-refractivity contribution in [2.45, 2.75) is 64.0 Å². The molecule has 1 aliphatic heterocycles. The summed E-state index contributed by atoms with van der Waals surface area (Å²) >= 11 is 0. The fourth-order valence-electron chi connectivity index (χ4n) is 5.67. The molecule has 2 aliphatic rings. The second kappa shape index (κ2) is 8.54. The van der Waals surface area contributed by atoms with Gasteiger partial charge in [-0.25, -0.2) is 9.78 Å². The van der Waals surface area contributed by atoms with Crippen LogP contribution in [0.4, 0.5) is 10.5 Å². The lowest BCUT2D eigenvalue weighted by atomic mass is 9.85. The number of benzene rings is 2. The Hall–Kier alpha value is -3.35. The van der Waals surface area contributed by atoms with Crippen LogP contribution in [0.1, 0.15) is 62.0 Å². The molecule has 1 aromatic heterocycles. The molecule has 0 saturated heterocycles. The Labute approximate surface area is 193 Å². The van der Waals surface area contributed by atoms with Crippen molar-refractivity contribution in [1.82, 2.24) is 9.55 Å². The summed E-state index contributed by atoms with van der Waals surface area (Å²) in [6.07, 6.45) is 4.73. The van der Waals surface area contributed by atoms with Crippen LogP contribution in [0.15, 0.2) is 42.5 Å². The van der Waals surface area contributed by atoms with Crippen molar-refractivity contribution in [2.75, 3.05) is 4.90 Å². The van der Waals surface area contributed by atoms with Crippen LogP contribution < -0.4 is 10.6 Å². The van der Waals surface area contributed by atoms with Crippen LogP contribution in [0.3, 0.4) is 0 Å². The lowest BCUT2D eigenvalue weighted by molar-refractivity contribution is -0.122. The van der Waals surface area contributed by atoms with Gasteiger partial charge in [0, 0.05) is 30.0 Å². The fourth-order valence-corrected chi connectivity index (χ4v) is 5.67. The van der Waals surface area contributed by atoms with Gasteiger partial charge < -0.3 is 15.4 Å². The number of amides is 2. The Morgan fingerprint density at radius 2 is 1.79 bits per heavy atom. The van der Waals surface area contributed by atoms with Crippen molar-refractivity contribution in [3.05, 3.63) is 59.4 Å². The third-order valence-electron chi connectivity index (χ3n) is 7.40. The number of imidazole rings is 1. The molecule has 1 aliphatic carbocycles. The summed E-state index contributed by atoms with van der Waals surface area (Å²) in [4.78, 5) is 30.3. The SMILES string of the molecule is CC1CCc2c(ccc3c2nc(Cc2ccccc2)n3C2CCC(C(N)=O)CC2)N1C(=O)O. The number of aromatic nitrogens is 2. The number of nitrogens with zero attached hydrogens (tertiary/aromatic N) is 3. The van der Waals surface area contributed by atoms with E-state index in [0.29, 0.717) is 6.42 Å². The van der Waals surface area contributed by atoms with Crippen molar-refractivity contribution in [3.63, 3.8) is 0 Å². The van der Waals surface area contributed by atoms with Crippen LogP contribution >= 0.6 is 0 Å². The Morgan fingerprint density at radius 3 is 2.45 bits per heavy atom. The molecule has 1 fully saturated rings. The molecular weight excluding hydrogens is 416 g/mol. The smallest absolute Gasteiger partial charge is 0.412 e. The van der Waals surface area contributed by atoms with E-state index in [1.54, 1.807) is 0 Å². The Kier molecular flexibility index (Phi) is 5.56.